The first-order chi connectivity index (χ1) is 10.9. The van der Waals surface area contributed by atoms with E-state index in [1.807, 2.05) is 13.8 Å². The molecule has 0 spiro atoms. The molecule has 0 bridgehead atoms. The van der Waals surface area contributed by atoms with Crippen molar-refractivity contribution in [2.45, 2.75) is 57.8 Å². The molecule has 2 N–H and O–H groups in total. The fourth-order valence-electron chi connectivity index (χ4n) is 2.74. The Bertz CT molecular complexity index is 640. The maximum Gasteiger partial charge on any atom is 0.330 e. The number of methoxy groups -OCH3 is 1. The predicted octanol–water partition coefficient (Wildman–Crippen LogP) is -0.0666. The van der Waals surface area contributed by atoms with Gasteiger partial charge in [0.05, 0.1) is 18.8 Å². The maximum absolute atomic E-state index is 12.1. The lowest BCUT2D eigenvalue weighted by atomic mass is 10.1. The topological polar surface area (TPSA) is 103 Å². The van der Waals surface area contributed by atoms with Crippen LogP contribution in [0.2, 0.25) is 0 Å². The van der Waals surface area contributed by atoms with E-state index in [1.165, 1.54) is 10.8 Å². The average molecular weight is 328 g/mol. The van der Waals surface area contributed by atoms with E-state index in [9.17, 15) is 14.7 Å². The molecule has 0 radical (unpaired) electrons. The second kappa shape index (κ2) is 7.39. The number of nitrogens with zero attached hydrogens (tertiary/aromatic N) is 1. The highest BCUT2D eigenvalue weighted by molar-refractivity contribution is 5.03. The van der Waals surface area contributed by atoms with Crippen molar-refractivity contribution >= 4 is 0 Å². The third-order valence-electron chi connectivity index (χ3n) is 3.93. The summed E-state index contributed by atoms with van der Waals surface area (Å²) in [5.41, 5.74) is -0.657. The van der Waals surface area contributed by atoms with E-state index in [4.69, 9.17) is 14.2 Å². The van der Waals surface area contributed by atoms with E-state index in [2.05, 4.69) is 4.98 Å². The van der Waals surface area contributed by atoms with Gasteiger partial charge in [-0.05, 0) is 20.3 Å². The normalized spacial score (nSPS) is 28.9. The van der Waals surface area contributed by atoms with E-state index in [1.54, 1.807) is 14.0 Å². The monoisotopic (exact) mass is 328 g/mol. The first kappa shape index (κ1) is 17.9. The van der Waals surface area contributed by atoms with Crippen LogP contribution < -0.4 is 11.2 Å². The molecule has 1 aromatic rings. The van der Waals surface area contributed by atoms with Crippen molar-refractivity contribution in [2.75, 3.05) is 13.7 Å². The number of aromatic nitrogens is 2. The van der Waals surface area contributed by atoms with Crippen LogP contribution in [-0.2, 0) is 14.2 Å². The quantitative estimate of drug-likeness (QED) is 0.758. The number of aromatic amines is 1. The molecule has 8 heteroatoms. The molecule has 0 aromatic carbocycles. The van der Waals surface area contributed by atoms with Gasteiger partial charge in [0, 0.05) is 18.9 Å². The van der Waals surface area contributed by atoms with Gasteiger partial charge in [-0.15, -0.1) is 0 Å². The molecule has 2 unspecified atom stereocenters. The largest absolute Gasteiger partial charge is 0.388 e. The number of aliphatic hydroxyl groups is 1. The average Bonchev–Trinajstić information content (AvgIpc) is 2.80. The highest BCUT2D eigenvalue weighted by Crippen LogP contribution is 2.33. The number of aliphatic hydroxyl groups excluding tert-OH is 1. The Labute approximate surface area is 134 Å². The lowest BCUT2D eigenvalue weighted by Crippen LogP contribution is -2.41. The van der Waals surface area contributed by atoms with Gasteiger partial charge >= 0.3 is 5.69 Å². The zero-order chi connectivity index (χ0) is 17.1. The Hall–Kier alpha value is -1.48. The molecule has 0 saturated carbocycles. The molecule has 23 heavy (non-hydrogen) atoms. The van der Waals surface area contributed by atoms with Crippen molar-refractivity contribution in [3.8, 4) is 0 Å². The number of hydrogen-bond donors (Lipinski definition) is 2. The van der Waals surface area contributed by atoms with E-state index in [-0.39, 0.29) is 6.10 Å². The van der Waals surface area contributed by atoms with Crippen LogP contribution in [0.15, 0.2) is 15.8 Å². The second-order valence-electron chi connectivity index (χ2n) is 5.81. The third kappa shape index (κ3) is 3.72. The highest BCUT2D eigenvalue weighted by Gasteiger charge is 2.45. The van der Waals surface area contributed by atoms with Gasteiger partial charge in [0.1, 0.15) is 12.2 Å². The molecule has 5 atom stereocenters. The molecule has 1 saturated heterocycles. The van der Waals surface area contributed by atoms with E-state index in [0.29, 0.717) is 18.6 Å². The van der Waals surface area contributed by atoms with Gasteiger partial charge in [-0.3, -0.25) is 14.3 Å². The summed E-state index contributed by atoms with van der Waals surface area (Å²) >= 11 is 0. The first-order valence-corrected chi connectivity index (χ1v) is 7.69. The van der Waals surface area contributed by atoms with Crippen LogP contribution in [0.25, 0.3) is 0 Å². The highest BCUT2D eigenvalue weighted by atomic mass is 16.6. The van der Waals surface area contributed by atoms with Crippen molar-refractivity contribution < 1.29 is 19.3 Å². The fraction of sp³-hybridized carbons (Fsp3) is 0.733. The molecule has 1 aliphatic rings. The lowest BCUT2D eigenvalue weighted by Gasteiger charge is -2.25. The van der Waals surface area contributed by atoms with Crippen molar-refractivity contribution in [1.29, 1.82) is 0 Å². The molecular weight excluding hydrogens is 304 g/mol. The predicted molar refractivity (Wildman–Crippen MR) is 82.5 cm³/mol. The molecule has 1 aromatic heterocycles. The summed E-state index contributed by atoms with van der Waals surface area (Å²) in [4.78, 5) is 25.9. The summed E-state index contributed by atoms with van der Waals surface area (Å²) in [5.74, 6) is 0. The van der Waals surface area contributed by atoms with Gasteiger partial charge in [-0.2, -0.15) is 0 Å². The van der Waals surface area contributed by atoms with Crippen LogP contribution in [0.1, 0.15) is 32.1 Å². The summed E-state index contributed by atoms with van der Waals surface area (Å²) in [6.45, 7) is 5.65. The van der Waals surface area contributed by atoms with Crippen LogP contribution in [0.5, 0.6) is 0 Å². The minimum Gasteiger partial charge on any atom is -0.388 e. The molecule has 8 nitrogen and oxygen atoms in total. The van der Waals surface area contributed by atoms with Crippen LogP contribution >= 0.6 is 0 Å². The summed E-state index contributed by atoms with van der Waals surface area (Å²) < 4.78 is 17.9. The van der Waals surface area contributed by atoms with Gasteiger partial charge in [-0.25, -0.2) is 4.79 Å². The van der Waals surface area contributed by atoms with E-state index >= 15 is 0 Å². The zero-order valence-corrected chi connectivity index (χ0v) is 13.8. The summed E-state index contributed by atoms with van der Waals surface area (Å²) in [6.07, 6.45) is -1.13. The molecular formula is C15H24N2O6. The molecule has 130 valence electrons. The molecule has 2 heterocycles. The molecule has 0 amide bonds. The zero-order valence-electron chi connectivity index (χ0n) is 13.8. The van der Waals surface area contributed by atoms with E-state index in [0.717, 1.165) is 0 Å². The lowest BCUT2D eigenvalue weighted by molar-refractivity contribution is -0.111. The Balaban J connectivity index is 2.35. The van der Waals surface area contributed by atoms with Gasteiger partial charge in [0.2, 0.25) is 0 Å². The molecule has 1 aliphatic heterocycles. The van der Waals surface area contributed by atoms with Crippen molar-refractivity contribution in [3.63, 3.8) is 0 Å². The number of aryl methyl sites for hydroxylation is 1. The van der Waals surface area contributed by atoms with Gasteiger partial charge in [0.25, 0.3) is 5.56 Å². The number of H-pyrrole nitrogens is 1. The Kier molecular flexibility index (Phi) is 5.74. The van der Waals surface area contributed by atoms with Crippen LogP contribution in [-0.4, -0.2) is 52.8 Å². The Morgan fingerprint density at radius 1 is 1.48 bits per heavy atom. The summed E-state index contributed by atoms with van der Waals surface area (Å²) in [6, 6.07) is 0. The number of hydrogen-bond acceptors (Lipinski definition) is 6. The fourth-order valence-corrected chi connectivity index (χ4v) is 2.74. The maximum atomic E-state index is 12.1. The van der Waals surface area contributed by atoms with Gasteiger partial charge in [0.15, 0.2) is 6.23 Å². The third-order valence-corrected chi connectivity index (χ3v) is 3.93. The minimum atomic E-state index is -0.872. The standard InChI is InChI=1S/C15H24N2O6/c1-5-10-11(18)12(22-9(3)7-21-4)14(23-10)17-6-8(2)13(19)16-15(17)20/h6,9-12,14,18H,5,7H2,1-4H3,(H,16,19,20)/t9?,10-,11+,12?,14-/m1/s1. The van der Waals surface area contributed by atoms with Crippen molar-refractivity contribution in [3.05, 3.63) is 32.6 Å². The summed E-state index contributed by atoms with van der Waals surface area (Å²) in [5, 5.41) is 10.4. The van der Waals surface area contributed by atoms with Crippen LogP contribution in [0.3, 0.4) is 0 Å². The second-order valence-corrected chi connectivity index (χ2v) is 5.81. The molecule has 0 aliphatic carbocycles. The van der Waals surface area contributed by atoms with Crippen molar-refractivity contribution in [1.82, 2.24) is 9.55 Å². The number of nitrogens with one attached hydrogen (secondary N) is 1. The number of ether oxygens (including phenoxy) is 3. The Morgan fingerprint density at radius 3 is 2.78 bits per heavy atom. The Morgan fingerprint density at radius 2 is 2.17 bits per heavy atom. The molecule has 2 rings (SSSR count). The van der Waals surface area contributed by atoms with Gasteiger partial charge < -0.3 is 19.3 Å². The van der Waals surface area contributed by atoms with Crippen LogP contribution in [0.4, 0.5) is 0 Å². The smallest absolute Gasteiger partial charge is 0.330 e. The number of rotatable bonds is 6. The van der Waals surface area contributed by atoms with Crippen LogP contribution in [0, 0.1) is 6.92 Å². The molecule has 1 fully saturated rings. The van der Waals surface area contributed by atoms with Crippen molar-refractivity contribution in [2.24, 2.45) is 0 Å². The van der Waals surface area contributed by atoms with Gasteiger partial charge in [-0.1, -0.05) is 6.92 Å². The summed E-state index contributed by atoms with van der Waals surface area (Å²) in [7, 11) is 1.56. The minimum absolute atomic E-state index is 0.277. The SMILES string of the molecule is CC[C@H]1O[C@@H](n2cc(C)c(=O)[nH]c2=O)C(OC(C)COC)[C@H]1O. The first-order valence-electron chi connectivity index (χ1n) is 7.69. The van der Waals surface area contributed by atoms with E-state index < -0.39 is 35.8 Å².